The summed E-state index contributed by atoms with van der Waals surface area (Å²) in [7, 11) is 0. The van der Waals surface area contributed by atoms with Crippen LogP contribution in [0.15, 0.2) is 54.1 Å². The van der Waals surface area contributed by atoms with Crippen molar-refractivity contribution >= 4 is 12.6 Å². The Balaban J connectivity index is 1.90. The van der Waals surface area contributed by atoms with Gasteiger partial charge in [0, 0.05) is 10.7 Å². The number of thiol groups is 1. The molecule has 4 atom stereocenters. The van der Waals surface area contributed by atoms with Crippen LogP contribution in [-0.4, -0.2) is 5.25 Å². The third-order valence-electron chi connectivity index (χ3n) is 5.40. The molecule has 2 aliphatic rings. The Kier molecular flexibility index (Phi) is 4.31. The summed E-state index contributed by atoms with van der Waals surface area (Å²) in [6.45, 7) is 4.72. The van der Waals surface area contributed by atoms with Gasteiger partial charge in [0.25, 0.3) is 0 Å². The first kappa shape index (κ1) is 15.0. The van der Waals surface area contributed by atoms with Crippen molar-refractivity contribution in [3.8, 4) is 0 Å². The summed E-state index contributed by atoms with van der Waals surface area (Å²) >= 11 is 5.11. The lowest BCUT2D eigenvalue weighted by molar-refractivity contribution is 0.279. The number of benzene rings is 1. The second kappa shape index (κ2) is 6.04. The van der Waals surface area contributed by atoms with E-state index in [0.29, 0.717) is 17.1 Å². The highest BCUT2D eigenvalue weighted by Gasteiger charge is 2.42. The predicted molar refractivity (Wildman–Crippen MR) is 94.9 cm³/mol. The lowest BCUT2D eigenvalue weighted by Gasteiger charge is -2.45. The minimum atomic E-state index is 0.183. The van der Waals surface area contributed by atoms with Crippen LogP contribution < -0.4 is 0 Å². The Labute approximate surface area is 134 Å². The topological polar surface area (TPSA) is 0 Å². The van der Waals surface area contributed by atoms with Crippen molar-refractivity contribution in [3.05, 3.63) is 59.7 Å². The molecule has 0 radical (unpaired) electrons. The number of hydrogen-bond acceptors (Lipinski definition) is 1. The van der Waals surface area contributed by atoms with Crippen molar-refractivity contribution < 1.29 is 0 Å². The zero-order valence-corrected chi connectivity index (χ0v) is 14.0. The van der Waals surface area contributed by atoms with Gasteiger partial charge in [0.05, 0.1) is 0 Å². The van der Waals surface area contributed by atoms with Crippen LogP contribution in [0.1, 0.15) is 45.1 Å². The molecule has 0 aromatic heterocycles. The first-order valence-corrected chi connectivity index (χ1v) is 8.75. The summed E-state index contributed by atoms with van der Waals surface area (Å²) in [4.78, 5) is 0. The van der Waals surface area contributed by atoms with Crippen LogP contribution in [0.25, 0.3) is 0 Å². The van der Waals surface area contributed by atoms with Crippen molar-refractivity contribution in [1.82, 2.24) is 0 Å². The Morgan fingerprint density at radius 2 is 1.95 bits per heavy atom. The number of hydrogen-bond donors (Lipinski definition) is 1. The van der Waals surface area contributed by atoms with E-state index in [1.807, 2.05) is 0 Å². The normalized spacial score (nSPS) is 36.3. The first-order valence-electron chi connectivity index (χ1n) is 8.23. The van der Waals surface area contributed by atoms with Crippen molar-refractivity contribution in [2.24, 2.45) is 11.8 Å². The average molecular weight is 298 g/mol. The molecular formula is C20H26S. The van der Waals surface area contributed by atoms with E-state index in [9.17, 15) is 0 Å². The van der Waals surface area contributed by atoms with Gasteiger partial charge in [-0.3, -0.25) is 0 Å². The molecule has 3 rings (SSSR count). The van der Waals surface area contributed by atoms with E-state index in [0.717, 1.165) is 0 Å². The van der Waals surface area contributed by atoms with Gasteiger partial charge in [-0.15, -0.1) is 0 Å². The molecule has 0 heterocycles. The quantitative estimate of drug-likeness (QED) is 0.678. The SMILES string of the molecule is C[C@@H]1C=C(C2CCC[C@](C)(c3ccccc3)C2S)C=CC1. The molecule has 0 spiro atoms. The molecule has 1 heteroatoms. The van der Waals surface area contributed by atoms with E-state index >= 15 is 0 Å². The Morgan fingerprint density at radius 3 is 2.67 bits per heavy atom. The maximum atomic E-state index is 5.11. The molecule has 21 heavy (non-hydrogen) atoms. The van der Waals surface area contributed by atoms with Crippen LogP contribution in [0.5, 0.6) is 0 Å². The summed E-state index contributed by atoms with van der Waals surface area (Å²) < 4.78 is 0. The summed E-state index contributed by atoms with van der Waals surface area (Å²) in [6.07, 6.45) is 12.2. The maximum absolute atomic E-state index is 5.11. The van der Waals surface area contributed by atoms with Crippen LogP contribution in [-0.2, 0) is 5.41 Å². The standard InChI is InChI=1S/C20H26S/c1-15-8-6-9-16(14-15)18-12-7-13-20(2,19(18)21)17-10-4-3-5-11-17/h3-6,9-11,14-15,18-19,21H,7-8,12-13H2,1-2H3/t15-,18?,19?,20+/m0/s1. The highest BCUT2D eigenvalue weighted by molar-refractivity contribution is 7.81. The second-order valence-electron chi connectivity index (χ2n) is 7.01. The van der Waals surface area contributed by atoms with E-state index in [-0.39, 0.29) is 5.41 Å². The molecule has 0 saturated heterocycles. The van der Waals surface area contributed by atoms with Crippen molar-refractivity contribution in [2.75, 3.05) is 0 Å². The van der Waals surface area contributed by atoms with Crippen LogP contribution in [0.2, 0.25) is 0 Å². The largest absolute Gasteiger partial charge is 0.174 e. The maximum Gasteiger partial charge on any atom is 0.0180 e. The van der Waals surface area contributed by atoms with Crippen LogP contribution in [0, 0.1) is 11.8 Å². The molecule has 2 unspecified atom stereocenters. The van der Waals surface area contributed by atoms with Gasteiger partial charge in [0.1, 0.15) is 0 Å². The van der Waals surface area contributed by atoms with Crippen molar-refractivity contribution in [3.63, 3.8) is 0 Å². The molecule has 0 aliphatic heterocycles. The summed E-state index contributed by atoms with van der Waals surface area (Å²) in [5.41, 5.74) is 3.15. The fraction of sp³-hybridized carbons (Fsp3) is 0.500. The monoisotopic (exact) mass is 298 g/mol. The fourth-order valence-electron chi connectivity index (χ4n) is 4.04. The summed E-state index contributed by atoms with van der Waals surface area (Å²) in [6, 6.07) is 11.0. The van der Waals surface area contributed by atoms with E-state index in [2.05, 4.69) is 62.4 Å². The van der Waals surface area contributed by atoms with Crippen LogP contribution in [0.3, 0.4) is 0 Å². The van der Waals surface area contributed by atoms with Crippen molar-refractivity contribution in [1.29, 1.82) is 0 Å². The molecule has 0 amide bonds. The van der Waals surface area contributed by atoms with E-state index in [1.54, 1.807) is 0 Å². The third-order valence-corrected chi connectivity index (χ3v) is 6.33. The van der Waals surface area contributed by atoms with Gasteiger partial charge in [-0.05, 0) is 42.2 Å². The fourth-order valence-corrected chi connectivity index (χ4v) is 4.64. The molecule has 1 aromatic carbocycles. The van der Waals surface area contributed by atoms with Gasteiger partial charge in [-0.25, -0.2) is 0 Å². The predicted octanol–water partition coefficient (Wildman–Crippen LogP) is 5.57. The molecule has 0 bridgehead atoms. The highest BCUT2D eigenvalue weighted by Crippen LogP contribution is 2.47. The lowest BCUT2D eigenvalue weighted by Crippen LogP contribution is -2.42. The number of allylic oxidation sites excluding steroid dienone is 4. The molecule has 1 fully saturated rings. The molecule has 1 saturated carbocycles. The van der Waals surface area contributed by atoms with Gasteiger partial charge >= 0.3 is 0 Å². The van der Waals surface area contributed by atoms with Crippen LogP contribution in [0.4, 0.5) is 0 Å². The minimum absolute atomic E-state index is 0.183. The molecular weight excluding hydrogens is 272 g/mol. The molecule has 0 nitrogen and oxygen atoms in total. The van der Waals surface area contributed by atoms with Crippen LogP contribution >= 0.6 is 12.6 Å². The summed E-state index contributed by atoms with van der Waals surface area (Å²) in [5, 5.41) is 0.398. The van der Waals surface area contributed by atoms with Gasteiger partial charge < -0.3 is 0 Å². The van der Waals surface area contributed by atoms with Gasteiger partial charge in [0.2, 0.25) is 0 Å². The molecule has 2 aliphatic carbocycles. The molecule has 1 aromatic rings. The van der Waals surface area contributed by atoms with Crippen molar-refractivity contribution in [2.45, 2.75) is 50.2 Å². The Hall–Kier alpha value is -0.950. The number of rotatable bonds is 2. The van der Waals surface area contributed by atoms with E-state index in [4.69, 9.17) is 12.6 Å². The average Bonchev–Trinajstić information content (AvgIpc) is 2.51. The second-order valence-corrected chi connectivity index (χ2v) is 7.57. The van der Waals surface area contributed by atoms with E-state index in [1.165, 1.54) is 36.8 Å². The molecule has 112 valence electrons. The highest BCUT2D eigenvalue weighted by atomic mass is 32.1. The zero-order chi connectivity index (χ0) is 14.9. The van der Waals surface area contributed by atoms with Gasteiger partial charge in [-0.1, -0.05) is 68.8 Å². The van der Waals surface area contributed by atoms with Gasteiger partial charge in [0.15, 0.2) is 0 Å². The molecule has 0 N–H and O–H groups in total. The zero-order valence-electron chi connectivity index (χ0n) is 13.1. The summed E-state index contributed by atoms with van der Waals surface area (Å²) in [5.74, 6) is 1.27. The van der Waals surface area contributed by atoms with Gasteiger partial charge in [-0.2, -0.15) is 12.6 Å². The lowest BCUT2D eigenvalue weighted by atomic mass is 9.64. The third kappa shape index (κ3) is 2.85. The Morgan fingerprint density at radius 1 is 1.19 bits per heavy atom. The smallest absolute Gasteiger partial charge is 0.0180 e. The van der Waals surface area contributed by atoms with E-state index < -0.39 is 0 Å². The Bertz CT molecular complexity index is 542. The first-order chi connectivity index (χ1) is 10.1. The minimum Gasteiger partial charge on any atom is -0.174 e.